The van der Waals surface area contributed by atoms with E-state index in [1.165, 1.54) is 0 Å². The Labute approximate surface area is 129 Å². The fourth-order valence-corrected chi connectivity index (χ4v) is 3.22. The predicted octanol–water partition coefficient (Wildman–Crippen LogP) is 2.57. The zero-order chi connectivity index (χ0) is 15.6. The lowest BCUT2D eigenvalue weighted by molar-refractivity contribution is -0.154. The number of nitrogens with zero attached hydrogens (tertiary/aromatic N) is 3. The Balaban J connectivity index is 1.81. The van der Waals surface area contributed by atoms with Gasteiger partial charge in [0.05, 0.1) is 17.7 Å². The lowest BCUT2D eigenvalue weighted by Crippen LogP contribution is -2.37. The lowest BCUT2D eigenvalue weighted by atomic mass is 9.86. The molecule has 2 aromatic heterocycles. The fourth-order valence-electron chi connectivity index (χ4n) is 3.22. The number of aromatic nitrogens is 3. The van der Waals surface area contributed by atoms with Crippen molar-refractivity contribution < 1.29 is 9.53 Å². The van der Waals surface area contributed by atoms with Gasteiger partial charge in [-0.05, 0) is 32.8 Å². The van der Waals surface area contributed by atoms with Gasteiger partial charge in [-0.2, -0.15) is 5.10 Å². The molecule has 0 spiro atoms. The average molecular weight is 302 g/mol. The molecule has 0 unspecified atom stereocenters. The summed E-state index contributed by atoms with van der Waals surface area (Å²) in [5.41, 5.74) is 1.45. The second-order valence-electron chi connectivity index (χ2n) is 5.95. The van der Waals surface area contributed by atoms with E-state index in [-0.39, 0.29) is 5.97 Å². The predicted molar refractivity (Wildman–Crippen MR) is 83.7 cm³/mol. The molecular formula is C16H22N4O2. The molecule has 1 fully saturated rings. The highest BCUT2D eigenvalue weighted by atomic mass is 16.5. The van der Waals surface area contributed by atoms with Gasteiger partial charge in [0.2, 0.25) is 0 Å². The van der Waals surface area contributed by atoms with Gasteiger partial charge in [0.15, 0.2) is 5.82 Å². The maximum absolute atomic E-state index is 12.4. The van der Waals surface area contributed by atoms with Crippen LogP contribution >= 0.6 is 0 Å². The monoisotopic (exact) mass is 302 g/mol. The van der Waals surface area contributed by atoms with Gasteiger partial charge in [0.1, 0.15) is 5.52 Å². The molecule has 2 aromatic rings. The summed E-state index contributed by atoms with van der Waals surface area (Å²) in [5, 5.41) is 7.73. The molecule has 1 N–H and O–H groups in total. The van der Waals surface area contributed by atoms with Crippen molar-refractivity contribution in [3.8, 4) is 0 Å². The summed E-state index contributed by atoms with van der Waals surface area (Å²) in [5.74, 6) is 0.676. The van der Waals surface area contributed by atoms with Crippen LogP contribution in [0.1, 0.15) is 38.3 Å². The van der Waals surface area contributed by atoms with E-state index in [4.69, 9.17) is 4.74 Å². The van der Waals surface area contributed by atoms with Gasteiger partial charge in [0.25, 0.3) is 0 Å². The van der Waals surface area contributed by atoms with E-state index in [1.54, 1.807) is 10.7 Å². The summed E-state index contributed by atoms with van der Waals surface area (Å²) in [7, 11) is 0. The van der Waals surface area contributed by atoms with Crippen LogP contribution in [0.5, 0.6) is 0 Å². The molecule has 1 aliphatic carbocycles. The molecule has 0 aliphatic heterocycles. The van der Waals surface area contributed by atoms with E-state index >= 15 is 0 Å². The zero-order valence-corrected chi connectivity index (χ0v) is 13.1. The van der Waals surface area contributed by atoms with Crippen LogP contribution in [-0.4, -0.2) is 33.7 Å². The third-order valence-corrected chi connectivity index (χ3v) is 4.38. The number of anilines is 1. The van der Waals surface area contributed by atoms with Crippen molar-refractivity contribution in [1.82, 2.24) is 14.6 Å². The summed E-state index contributed by atoms with van der Waals surface area (Å²) in [6.45, 7) is 4.79. The highest BCUT2D eigenvalue weighted by Gasteiger charge is 2.42. The molecule has 0 saturated heterocycles. The van der Waals surface area contributed by atoms with Crippen molar-refractivity contribution >= 4 is 17.3 Å². The van der Waals surface area contributed by atoms with Gasteiger partial charge >= 0.3 is 5.97 Å². The minimum atomic E-state index is -0.417. The van der Waals surface area contributed by atoms with Gasteiger partial charge in [-0.15, -0.1) is 0 Å². The number of carbonyl (C=O) groups excluding carboxylic acids is 1. The second-order valence-corrected chi connectivity index (χ2v) is 5.95. The number of aryl methyl sites for hydroxylation is 1. The van der Waals surface area contributed by atoms with Crippen LogP contribution in [-0.2, 0) is 9.53 Å². The maximum atomic E-state index is 12.4. The molecule has 118 valence electrons. The Bertz CT molecular complexity index is 674. The summed E-state index contributed by atoms with van der Waals surface area (Å²) in [6.07, 6.45) is 7.44. The number of hydrogen-bond acceptors (Lipinski definition) is 5. The van der Waals surface area contributed by atoms with Crippen molar-refractivity contribution in [3.05, 3.63) is 24.2 Å². The van der Waals surface area contributed by atoms with Crippen LogP contribution in [0.2, 0.25) is 0 Å². The first-order chi connectivity index (χ1) is 10.6. The molecule has 1 aliphatic rings. The standard InChI is InChI=1S/C16H22N4O2/c1-3-22-15(21)16(6-4-5-7-16)11-18-14-13-10-12(2)19-20(13)9-8-17-14/h8-10H,3-7,11H2,1-2H3,(H,17,18). The number of hydrogen-bond donors (Lipinski definition) is 1. The molecule has 0 bridgehead atoms. The quantitative estimate of drug-likeness (QED) is 0.860. The Kier molecular flexibility index (Phi) is 4.00. The van der Waals surface area contributed by atoms with Gasteiger partial charge in [0, 0.05) is 18.9 Å². The van der Waals surface area contributed by atoms with Crippen LogP contribution in [0.25, 0.3) is 5.52 Å². The van der Waals surface area contributed by atoms with E-state index < -0.39 is 5.41 Å². The molecule has 22 heavy (non-hydrogen) atoms. The minimum Gasteiger partial charge on any atom is -0.466 e. The third-order valence-electron chi connectivity index (χ3n) is 4.38. The number of ether oxygens (including phenoxy) is 1. The van der Waals surface area contributed by atoms with Gasteiger partial charge < -0.3 is 10.1 Å². The number of nitrogens with one attached hydrogen (secondary N) is 1. The van der Waals surface area contributed by atoms with Crippen molar-refractivity contribution in [2.75, 3.05) is 18.5 Å². The SMILES string of the molecule is CCOC(=O)C1(CNc2nccn3nc(C)cc23)CCCC1. The van der Waals surface area contributed by atoms with Crippen LogP contribution in [0.4, 0.5) is 5.82 Å². The Hall–Kier alpha value is -2.11. The number of fused-ring (bicyclic) bond motifs is 1. The van der Waals surface area contributed by atoms with Crippen LogP contribution < -0.4 is 5.32 Å². The molecule has 0 amide bonds. The van der Waals surface area contributed by atoms with Crippen LogP contribution in [0, 0.1) is 12.3 Å². The van der Waals surface area contributed by atoms with E-state index in [0.29, 0.717) is 13.2 Å². The Morgan fingerprint density at radius 3 is 2.95 bits per heavy atom. The van der Waals surface area contributed by atoms with Crippen molar-refractivity contribution in [2.24, 2.45) is 5.41 Å². The molecular weight excluding hydrogens is 280 g/mol. The molecule has 3 rings (SSSR count). The molecule has 6 nitrogen and oxygen atoms in total. The summed E-state index contributed by atoms with van der Waals surface area (Å²) < 4.78 is 7.09. The molecule has 0 atom stereocenters. The normalized spacial score (nSPS) is 16.8. The molecule has 6 heteroatoms. The number of esters is 1. The highest BCUT2D eigenvalue weighted by molar-refractivity contribution is 5.78. The van der Waals surface area contributed by atoms with E-state index in [2.05, 4.69) is 15.4 Å². The summed E-state index contributed by atoms with van der Waals surface area (Å²) in [6, 6.07) is 1.99. The zero-order valence-electron chi connectivity index (χ0n) is 13.1. The van der Waals surface area contributed by atoms with E-state index in [1.807, 2.05) is 26.1 Å². The number of rotatable bonds is 5. The second kappa shape index (κ2) is 5.94. The Morgan fingerprint density at radius 2 is 2.23 bits per heavy atom. The smallest absolute Gasteiger partial charge is 0.313 e. The fraction of sp³-hybridized carbons (Fsp3) is 0.562. The maximum Gasteiger partial charge on any atom is 0.313 e. The molecule has 0 radical (unpaired) electrons. The lowest BCUT2D eigenvalue weighted by Gasteiger charge is -2.26. The first-order valence-electron chi connectivity index (χ1n) is 7.87. The van der Waals surface area contributed by atoms with Crippen molar-refractivity contribution in [1.29, 1.82) is 0 Å². The third kappa shape index (κ3) is 2.65. The summed E-state index contributed by atoms with van der Waals surface area (Å²) >= 11 is 0. The van der Waals surface area contributed by atoms with Gasteiger partial charge in [-0.25, -0.2) is 9.50 Å². The van der Waals surface area contributed by atoms with Gasteiger partial charge in [-0.3, -0.25) is 4.79 Å². The molecule has 0 aromatic carbocycles. The number of carbonyl (C=O) groups is 1. The Morgan fingerprint density at radius 1 is 1.45 bits per heavy atom. The molecule has 1 saturated carbocycles. The summed E-state index contributed by atoms with van der Waals surface area (Å²) in [4.78, 5) is 16.7. The highest BCUT2D eigenvalue weighted by Crippen LogP contribution is 2.39. The topological polar surface area (TPSA) is 68.5 Å². The first-order valence-corrected chi connectivity index (χ1v) is 7.87. The first kappa shape index (κ1) is 14.8. The largest absolute Gasteiger partial charge is 0.466 e. The van der Waals surface area contributed by atoms with E-state index in [9.17, 15) is 4.79 Å². The minimum absolute atomic E-state index is 0.0864. The van der Waals surface area contributed by atoms with Gasteiger partial charge in [-0.1, -0.05) is 12.8 Å². The average Bonchev–Trinajstić information content (AvgIpc) is 3.11. The van der Waals surface area contributed by atoms with Crippen LogP contribution in [0.15, 0.2) is 18.5 Å². The van der Waals surface area contributed by atoms with Crippen LogP contribution in [0.3, 0.4) is 0 Å². The molecule has 2 heterocycles. The van der Waals surface area contributed by atoms with Crippen molar-refractivity contribution in [2.45, 2.75) is 39.5 Å². The van der Waals surface area contributed by atoms with E-state index in [0.717, 1.165) is 42.7 Å². The van der Waals surface area contributed by atoms with Crippen molar-refractivity contribution in [3.63, 3.8) is 0 Å².